The fourth-order valence-electron chi connectivity index (χ4n) is 0.864. The first-order chi connectivity index (χ1) is 5.11. The monoisotopic (exact) mass is 173 g/mol. The van der Waals surface area contributed by atoms with Gasteiger partial charge in [0, 0.05) is 11.1 Å². The Hall–Kier alpha value is -0.600. The van der Waals surface area contributed by atoms with Crippen molar-refractivity contribution in [3.8, 4) is 0 Å². The summed E-state index contributed by atoms with van der Waals surface area (Å²) >= 11 is 5.74. The van der Waals surface area contributed by atoms with Gasteiger partial charge in [-0.05, 0) is 30.7 Å². The third kappa shape index (κ3) is 1.91. The molecule has 11 heavy (non-hydrogen) atoms. The minimum absolute atomic E-state index is 0.224. The highest BCUT2D eigenvalue weighted by molar-refractivity contribution is 6.31. The van der Waals surface area contributed by atoms with Gasteiger partial charge in [-0.3, -0.25) is 0 Å². The molecule has 0 heterocycles. The molecule has 0 aliphatic rings. The van der Waals surface area contributed by atoms with Gasteiger partial charge in [0.2, 0.25) is 0 Å². The number of nitrogens with two attached hydrogens (primary N) is 1. The molecular weight excluding hydrogens is 165 g/mol. The van der Waals surface area contributed by atoms with Crippen molar-refractivity contribution in [1.82, 2.24) is 0 Å². The highest BCUT2D eigenvalue weighted by Crippen LogP contribution is 2.21. The van der Waals surface area contributed by atoms with Crippen LogP contribution in [-0.2, 0) is 0 Å². The molecule has 1 rings (SSSR count). The van der Waals surface area contributed by atoms with Gasteiger partial charge in [0.1, 0.15) is 5.82 Å². The van der Waals surface area contributed by atoms with Crippen molar-refractivity contribution >= 4 is 11.6 Å². The number of halogens is 2. The zero-order chi connectivity index (χ0) is 8.43. The van der Waals surface area contributed by atoms with Crippen molar-refractivity contribution in [2.75, 3.05) is 0 Å². The number of hydrogen-bond donors (Lipinski definition) is 1. The first kappa shape index (κ1) is 8.50. The van der Waals surface area contributed by atoms with E-state index < -0.39 is 0 Å². The van der Waals surface area contributed by atoms with Crippen molar-refractivity contribution < 1.29 is 4.39 Å². The Labute approximate surface area is 70.0 Å². The molecular formula is C8H9ClFN. The van der Waals surface area contributed by atoms with Crippen molar-refractivity contribution in [1.29, 1.82) is 0 Å². The van der Waals surface area contributed by atoms with E-state index in [1.54, 1.807) is 6.92 Å². The maximum absolute atomic E-state index is 12.6. The van der Waals surface area contributed by atoms with Crippen molar-refractivity contribution in [3.05, 3.63) is 34.6 Å². The molecule has 0 aromatic heterocycles. The quantitative estimate of drug-likeness (QED) is 0.694. The van der Waals surface area contributed by atoms with E-state index in [1.807, 2.05) is 0 Å². The summed E-state index contributed by atoms with van der Waals surface area (Å²) in [7, 11) is 0. The second-order valence-corrected chi connectivity index (χ2v) is 2.86. The summed E-state index contributed by atoms with van der Waals surface area (Å²) in [6, 6.07) is 3.95. The molecule has 3 heteroatoms. The third-order valence-corrected chi connectivity index (χ3v) is 1.79. The van der Waals surface area contributed by atoms with Crippen LogP contribution in [0.1, 0.15) is 18.5 Å². The van der Waals surface area contributed by atoms with E-state index >= 15 is 0 Å². The van der Waals surface area contributed by atoms with E-state index in [-0.39, 0.29) is 11.9 Å². The van der Waals surface area contributed by atoms with Crippen LogP contribution in [0, 0.1) is 5.82 Å². The second kappa shape index (κ2) is 3.20. The van der Waals surface area contributed by atoms with E-state index in [0.717, 1.165) is 0 Å². The topological polar surface area (TPSA) is 26.0 Å². The van der Waals surface area contributed by atoms with E-state index in [2.05, 4.69) is 0 Å². The summed E-state index contributed by atoms with van der Waals surface area (Å²) in [5.74, 6) is -0.304. The Balaban J connectivity index is 3.13. The van der Waals surface area contributed by atoms with Crippen LogP contribution in [0.5, 0.6) is 0 Å². The number of hydrogen-bond acceptors (Lipinski definition) is 1. The summed E-state index contributed by atoms with van der Waals surface area (Å²) in [5.41, 5.74) is 6.18. The molecule has 0 saturated carbocycles. The molecule has 0 spiro atoms. The fourth-order valence-corrected chi connectivity index (χ4v) is 1.15. The Morgan fingerprint density at radius 1 is 1.55 bits per heavy atom. The second-order valence-electron chi connectivity index (χ2n) is 2.45. The Morgan fingerprint density at radius 3 is 2.64 bits per heavy atom. The van der Waals surface area contributed by atoms with Gasteiger partial charge in [0.05, 0.1) is 0 Å². The van der Waals surface area contributed by atoms with Crippen molar-refractivity contribution in [2.45, 2.75) is 13.0 Å². The molecule has 2 N–H and O–H groups in total. The van der Waals surface area contributed by atoms with Crippen LogP contribution in [0.25, 0.3) is 0 Å². The van der Waals surface area contributed by atoms with E-state index in [0.29, 0.717) is 10.6 Å². The lowest BCUT2D eigenvalue weighted by atomic mass is 10.1. The standard InChI is InChI=1S/C8H9ClFN/c1-5(11)7-4-6(10)2-3-8(7)9/h2-5H,11H2,1H3/t5-/m1/s1. The normalized spacial score (nSPS) is 13.1. The SMILES string of the molecule is C[C@@H](N)c1cc(F)ccc1Cl. The summed E-state index contributed by atoms with van der Waals surface area (Å²) in [6.07, 6.45) is 0. The summed E-state index contributed by atoms with van der Waals surface area (Å²) in [6.45, 7) is 1.76. The molecule has 1 aromatic carbocycles. The van der Waals surface area contributed by atoms with Crippen molar-refractivity contribution in [3.63, 3.8) is 0 Å². The smallest absolute Gasteiger partial charge is 0.123 e. The molecule has 0 fully saturated rings. The zero-order valence-corrected chi connectivity index (χ0v) is 6.90. The third-order valence-electron chi connectivity index (χ3n) is 1.45. The highest BCUT2D eigenvalue weighted by Gasteiger charge is 2.05. The number of benzene rings is 1. The Kier molecular flexibility index (Phi) is 2.47. The van der Waals surface area contributed by atoms with Crippen molar-refractivity contribution in [2.24, 2.45) is 5.73 Å². The van der Waals surface area contributed by atoms with E-state index in [4.69, 9.17) is 17.3 Å². The summed E-state index contributed by atoms with van der Waals surface area (Å²) in [4.78, 5) is 0. The summed E-state index contributed by atoms with van der Waals surface area (Å²) in [5, 5.41) is 0.515. The Bertz CT molecular complexity index is 260. The lowest BCUT2D eigenvalue weighted by molar-refractivity contribution is 0.622. The van der Waals surface area contributed by atoms with Crippen LogP contribution in [0.4, 0.5) is 4.39 Å². The lowest BCUT2D eigenvalue weighted by Crippen LogP contribution is -2.05. The molecule has 0 amide bonds. The average Bonchev–Trinajstić information content (AvgIpc) is 1.94. The molecule has 60 valence electrons. The van der Waals surface area contributed by atoms with Gasteiger partial charge >= 0.3 is 0 Å². The molecule has 1 atom stereocenters. The fraction of sp³-hybridized carbons (Fsp3) is 0.250. The first-order valence-corrected chi connectivity index (χ1v) is 3.69. The van der Waals surface area contributed by atoms with Crippen LogP contribution in [-0.4, -0.2) is 0 Å². The van der Waals surface area contributed by atoms with Crippen LogP contribution in [0.15, 0.2) is 18.2 Å². The first-order valence-electron chi connectivity index (χ1n) is 3.32. The van der Waals surface area contributed by atoms with Crippen LogP contribution < -0.4 is 5.73 Å². The Morgan fingerprint density at radius 2 is 2.18 bits per heavy atom. The van der Waals surface area contributed by atoms with Gasteiger partial charge in [-0.25, -0.2) is 4.39 Å². The molecule has 0 radical (unpaired) electrons. The highest BCUT2D eigenvalue weighted by atomic mass is 35.5. The maximum atomic E-state index is 12.6. The molecule has 0 unspecified atom stereocenters. The predicted molar refractivity (Wildman–Crippen MR) is 44.0 cm³/mol. The van der Waals surface area contributed by atoms with Gasteiger partial charge in [-0.2, -0.15) is 0 Å². The van der Waals surface area contributed by atoms with Crippen LogP contribution in [0.3, 0.4) is 0 Å². The number of rotatable bonds is 1. The predicted octanol–water partition coefficient (Wildman–Crippen LogP) is 2.50. The lowest BCUT2D eigenvalue weighted by Gasteiger charge is -2.06. The minimum Gasteiger partial charge on any atom is -0.324 e. The van der Waals surface area contributed by atoms with Gasteiger partial charge < -0.3 is 5.73 Å². The van der Waals surface area contributed by atoms with Gasteiger partial charge in [0.15, 0.2) is 0 Å². The minimum atomic E-state index is -0.304. The van der Waals surface area contributed by atoms with Crippen LogP contribution >= 0.6 is 11.6 Å². The van der Waals surface area contributed by atoms with E-state index in [9.17, 15) is 4.39 Å². The molecule has 0 aliphatic carbocycles. The van der Waals surface area contributed by atoms with E-state index in [1.165, 1.54) is 18.2 Å². The maximum Gasteiger partial charge on any atom is 0.123 e. The van der Waals surface area contributed by atoms with Gasteiger partial charge in [-0.15, -0.1) is 0 Å². The molecule has 0 aliphatic heterocycles. The largest absolute Gasteiger partial charge is 0.324 e. The molecule has 0 saturated heterocycles. The van der Waals surface area contributed by atoms with Gasteiger partial charge in [-0.1, -0.05) is 11.6 Å². The van der Waals surface area contributed by atoms with Crippen LogP contribution in [0.2, 0.25) is 5.02 Å². The van der Waals surface area contributed by atoms with Gasteiger partial charge in [0.25, 0.3) is 0 Å². The average molecular weight is 174 g/mol. The summed E-state index contributed by atoms with van der Waals surface area (Å²) < 4.78 is 12.6. The zero-order valence-electron chi connectivity index (χ0n) is 6.14. The molecule has 1 nitrogen and oxygen atoms in total. The molecule has 0 bridgehead atoms. The molecule has 1 aromatic rings.